The first kappa shape index (κ1) is 15.7. The minimum Gasteiger partial charge on any atom is -0.258 e. The van der Waals surface area contributed by atoms with Crippen molar-refractivity contribution in [3.8, 4) is 0 Å². The average molecular weight is 310 g/mol. The van der Waals surface area contributed by atoms with E-state index in [1.54, 1.807) is 0 Å². The van der Waals surface area contributed by atoms with Crippen LogP contribution in [0.3, 0.4) is 0 Å². The molecule has 1 aromatic carbocycles. The molecule has 0 saturated carbocycles. The lowest BCUT2D eigenvalue weighted by atomic mass is 10.1. The monoisotopic (exact) mass is 310 g/mol. The van der Waals surface area contributed by atoms with Crippen molar-refractivity contribution in [2.45, 2.75) is 43.7 Å². The topological polar surface area (TPSA) is 80.5 Å². The summed E-state index contributed by atoms with van der Waals surface area (Å²) in [6, 6.07) is 4.68. The first-order valence-electron chi connectivity index (χ1n) is 6.68. The van der Waals surface area contributed by atoms with Crippen LogP contribution in [-0.4, -0.2) is 29.7 Å². The third-order valence-electron chi connectivity index (χ3n) is 3.79. The molecule has 1 fully saturated rings. The van der Waals surface area contributed by atoms with Gasteiger partial charge in [0, 0.05) is 24.2 Å². The summed E-state index contributed by atoms with van der Waals surface area (Å²) in [4.78, 5) is 10.2. The SMILES string of the molecule is C=C(C)C1CCC(C)N1S(=O)(=O)c1ccc([N+](=O)[O-])cc1. The molecule has 0 aromatic heterocycles. The molecule has 0 bridgehead atoms. The van der Waals surface area contributed by atoms with E-state index >= 15 is 0 Å². The highest BCUT2D eigenvalue weighted by Gasteiger charge is 2.40. The van der Waals surface area contributed by atoms with Gasteiger partial charge in [-0.3, -0.25) is 10.1 Å². The summed E-state index contributed by atoms with van der Waals surface area (Å²) < 4.78 is 27.0. The lowest BCUT2D eigenvalue weighted by Crippen LogP contribution is -2.40. The van der Waals surface area contributed by atoms with Crippen molar-refractivity contribution < 1.29 is 13.3 Å². The fraction of sp³-hybridized carbons (Fsp3) is 0.429. The van der Waals surface area contributed by atoms with Crippen LogP contribution in [-0.2, 0) is 10.0 Å². The molecular formula is C14H18N2O4S. The van der Waals surface area contributed by atoms with Gasteiger partial charge in [0.1, 0.15) is 0 Å². The van der Waals surface area contributed by atoms with Crippen molar-refractivity contribution in [1.82, 2.24) is 4.31 Å². The molecule has 1 saturated heterocycles. The van der Waals surface area contributed by atoms with E-state index < -0.39 is 14.9 Å². The number of nitrogens with zero attached hydrogens (tertiary/aromatic N) is 2. The zero-order valence-electron chi connectivity index (χ0n) is 12.0. The van der Waals surface area contributed by atoms with Crippen molar-refractivity contribution >= 4 is 15.7 Å². The van der Waals surface area contributed by atoms with Crippen LogP contribution >= 0.6 is 0 Å². The van der Waals surface area contributed by atoms with Gasteiger partial charge in [0.05, 0.1) is 9.82 Å². The van der Waals surface area contributed by atoms with Crippen molar-refractivity contribution in [1.29, 1.82) is 0 Å². The maximum atomic E-state index is 12.8. The smallest absolute Gasteiger partial charge is 0.258 e. The predicted octanol–water partition coefficient (Wildman–Crippen LogP) is 2.71. The maximum Gasteiger partial charge on any atom is 0.269 e. The van der Waals surface area contributed by atoms with Gasteiger partial charge in [-0.1, -0.05) is 12.2 Å². The van der Waals surface area contributed by atoms with Crippen molar-refractivity contribution in [2.24, 2.45) is 0 Å². The van der Waals surface area contributed by atoms with Gasteiger partial charge in [-0.25, -0.2) is 8.42 Å². The molecule has 0 radical (unpaired) electrons. The van der Waals surface area contributed by atoms with Gasteiger partial charge in [-0.2, -0.15) is 4.31 Å². The van der Waals surface area contributed by atoms with E-state index in [2.05, 4.69) is 6.58 Å². The highest BCUT2D eigenvalue weighted by atomic mass is 32.2. The molecule has 7 heteroatoms. The Morgan fingerprint density at radius 2 is 1.90 bits per heavy atom. The summed E-state index contributed by atoms with van der Waals surface area (Å²) in [6.07, 6.45) is 1.53. The molecule has 1 aliphatic rings. The van der Waals surface area contributed by atoms with Crippen molar-refractivity contribution in [3.05, 3.63) is 46.5 Å². The summed E-state index contributed by atoms with van der Waals surface area (Å²) in [5.41, 5.74) is 0.685. The Morgan fingerprint density at radius 3 is 2.38 bits per heavy atom. The van der Waals surface area contributed by atoms with E-state index in [0.717, 1.165) is 18.4 Å². The summed E-state index contributed by atoms with van der Waals surface area (Å²) >= 11 is 0. The molecule has 0 amide bonds. The molecule has 1 aromatic rings. The zero-order valence-corrected chi connectivity index (χ0v) is 12.8. The highest BCUT2D eigenvalue weighted by molar-refractivity contribution is 7.89. The lowest BCUT2D eigenvalue weighted by molar-refractivity contribution is -0.384. The van der Waals surface area contributed by atoms with Crippen LogP contribution < -0.4 is 0 Å². The number of rotatable bonds is 4. The number of benzene rings is 1. The quantitative estimate of drug-likeness (QED) is 0.486. The number of nitro benzene ring substituents is 1. The highest BCUT2D eigenvalue weighted by Crippen LogP contribution is 2.34. The van der Waals surface area contributed by atoms with Gasteiger partial charge in [0.25, 0.3) is 5.69 Å². The van der Waals surface area contributed by atoms with Crippen LogP contribution in [0.15, 0.2) is 41.3 Å². The second-order valence-electron chi connectivity index (χ2n) is 5.37. The van der Waals surface area contributed by atoms with Crippen LogP contribution in [0.4, 0.5) is 5.69 Å². The second kappa shape index (κ2) is 5.57. The molecule has 0 N–H and O–H groups in total. The Morgan fingerprint density at radius 1 is 1.33 bits per heavy atom. The molecule has 1 heterocycles. The molecule has 2 atom stereocenters. The Labute approximate surface area is 124 Å². The minimum absolute atomic E-state index is 0.0769. The predicted molar refractivity (Wildman–Crippen MR) is 79.4 cm³/mol. The molecular weight excluding hydrogens is 292 g/mol. The summed E-state index contributed by atoms with van der Waals surface area (Å²) in [6.45, 7) is 7.56. The Hall–Kier alpha value is -1.73. The largest absolute Gasteiger partial charge is 0.269 e. The third-order valence-corrected chi connectivity index (χ3v) is 5.83. The van der Waals surface area contributed by atoms with E-state index in [0.29, 0.717) is 0 Å². The number of hydrogen-bond acceptors (Lipinski definition) is 4. The summed E-state index contributed by atoms with van der Waals surface area (Å²) in [7, 11) is -3.67. The van der Waals surface area contributed by atoms with Crippen molar-refractivity contribution in [3.63, 3.8) is 0 Å². The normalized spacial score (nSPS) is 23.1. The first-order chi connectivity index (χ1) is 9.75. The van der Waals surface area contributed by atoms with E-state index in [1.165, 1.54) is 28.6 Å². The Balaban J connectivity index is 2.40. The van der Waals surface area contributed by atoms with Gasteiger partial charge in [-0.05, 0) is 38.8 Å². The van der Waals surface area contributed by atoms with Crippen LogP contribution in [0.2, 0.25) is 0 Å². The molecule has 2 rings (SSSR count). The fourth-order valence-corrected chi connectivity index (χ4v) is 4.61. The molecule has 114 valence electrons. The third kappa shape index (κ3) is 2.84. The van der Waals surface area contributed by atoms with Crippen LogP contribution in [0.1, 0.15) is 26.7 Å². The zero-order chi connectivity index (χ0) is 15.8. The average Bonchev–Trinajstić information content (AvgIpc) is 2.81. The molecule has 0 spiro atoms. The van der Waals surface area contributed by atoms with Crippen molar-refractivity contribution in [2.75, 3.05) is 0 Å². The second-order valence-corrected chi connectivity index (χ2v) is 7.22. The van der Waals surface area contributed by atoms with Gasteiger partial charge in [0.15, 0.2) is 0 Å². The molecule has 6 nitrogen and oxygen atoms in total. The van der Waals surface area contributed by atoms with E-state index in [9.17, 15) is 18.5 Å². The van der Waals surface area contributed by atoms with Gasteiger partial charge in [-0.15, -0.1) is 0 Å². The van der Waals surface area contributed by atoms with Gasteiger partial charge >= 0.3 is 0 Å². The summed E-state index contributed by atoms with van der Waals surface area (Å²) in [5.74, 6) is 0. The Kier molecular flexibility index (Phi) is 4.15. The molecule has 0 aliphatic carbocycles. The fourth-order valence-electron chi connectivity index (χ4n) is 2.69. The Bertz CT molecular complexity index is 667. The summed E-state index contributed by atoms with van der Waals surface area (Å²) in [5, 5.41) is 10.6. The van der Waals surface area contributed by atoms with Crippen LogP contribution in [0, 0.1) is 10.1 Å². The van der Waals surface area contributed by atoms with E-state index in [4.69, 9.17) is 0 Å². The van der Waals surface area contributed by atoms with Crippen LogP contribution in [0.5, 0.6) is 0 Å². The maximum absolute atomic E-state index is 12.8. The lowest BCUT2D eigenvalue weighted by Gasteiger charge is -2.27. The number of hydrogen-bond donors (Lipinski definition) is 0. The minimum atomic E-state index is -3.67. The molecule has 1 aliphatic heterocycles. The first-order valence-corrected chi connectivity index (χ1v) is 8.12. The number of sulfonamides is 1. The van der Waals surface area contributed by atoms with E-state index in [1.807, 2.05) is 13.8 Å². The van der Waals surface area contributed by atoms with Crippen LogP contribution in [0.25, 0.3) is 0 Å². The van der Waals surface area contributed by atoms with Gasteiger partial charge < -0.3 is 0 Å². The number of nitro groups is 1. The molecule has 21 heavy (non-hydrogen) atoms. The number of non-ortho nitro benzene ring substituents is 1. The molecule has 2 unspecified atom stereocenters. The van der Waals surface area contributed by atoms with E-state index in [-0.39, 0.29) is 22.7 Å². The van der Waals surface area contributed by atoms with Gasteiger partial charge in [0.2, 0.25) is 10.0 Å². The standard InChI is InChI=1S/C14H18N2O4S/c1-10(2)14-9-4-11(3)15(14)21(19,20)13-7-5-12(6-8-13)16(17)18/h5-8,11,14H,1,4,9H2,2-3H3.